The van der Waals surface area contributed by atoms with Gasteiger partial charge in [-0.15, -0.1) is 9.15 Å². The number of rotatable bonds is 14. The van der Waals surface area contributed by atoms with Crippen molar-refractivity contribution in [2.45, 2.75) is 98.8 Å². The number of aliphatic imine (C=N–C) groups is 2. The fraction of sp³-hybridized carbons (Fsp3) is 0.133. The predicted octanol–water partition coefficient (Wildman–Crippen LogP) is 26.7. The van der Waals surface area contributed by atoms with Crippen molar-refractivity contribution in [3.05, 3.63) is 453 Å². The second-order valence-electron chi connectivity index (χ2n) is 34.5. The van der Waals surface area contributed by atoms with E-state index in [4.69, 9.17) is 20.0 Å². The lowest BCUT2D eigenvalue weighted by atomic mass is 9.65. The van der Waals surface area contributed by atoms with Crippen LogP contribution in [0.25, 0.3) is 21.5 Å². The Morgan fingerprint density at radius 3 is 0.848 bits per heavy atom. The van der Waals surface area contributed by atoms with Crippen LogP contribution in [0.5, 0.6) is 0 Å². The third-order valence-corrected chi connectivity index (χ3v) is 26.0. The monoisotopic (exact) mass is 1620 g/mol. The number of amidine groups is 4. The quantitative estimate of drug-likeness (QED) is 0.102. The van der Waals surface area contributed by atoms with Gasteiger partial charge in [0.2, 0.25) is 22.6 Å². The zero-order chi connectivity index (χ0) is 84.3. The van der Waals surface area contributed by atoms with Crippen LogP contribution < -0.4 is 30.6 Å². The molecule has 8 heterocycles. The van der Waals surface area contributed by atoms with Crippen LogP contribution in [0, 0.1) is 55.4 Å². The highest BCUT2D eigenvalue weighted by molar-refractivity contribution is 6.20. The van der Waals surface area contributed by atoms with E-state index in [0.29, 0.717) is 0 Å². The van der Waals surface area contributed by atoms with E-state index >= 15 is 0 Å². The summed E-state index contributed by atoms with van der Waals surface area (Å²) in [6.45, 7) is 17.2. The Labute approximate surface area is 729 Å². The molecule has 0 saturated heterocycles. The van der Waals surface area contributed by atoms with Gasteiger partial charge in [-0.05, 0) is 290 Å². The van der Waals surface area contributed by atoms with Crippen LogP contribution in [0.15, 0.2) is 384 Å². The summed E-state index contributed by atoms with van der Waals surface area (Å²) in [5.74, 6) is 4.46. The first-order valence-electron chi connectivity index (χ1n) is 43.7. The molecule has 125 heavy (non-hydrogen) atoms. The molecule has 0 unspecified atom stereocenters. The fourth-order valence-corrected chi connectivity index (χ4v) is 20.0. The zero-order valence-corrected chi connectivity index (χ0v) is 71.5. The van der Waals surface area contributed by atoms with Crippen LogP contribution in [0.3, 0.4) is 0 Å². The van der Waals surface area contributed by atoms with Gasteiger partial charge >= 0.3 is 5.91 Å². The molecule has 1 spiro atoms. The smallest absolute Gasteiger partial charge is 0.311 e. The van der Waals surface area contributed by atoms with Gasteiger partial charge in [0.05, 0.1) is 22.3 Å². The minimum atomic E-state index is -0.923. The third kappa shape index (κ3) is 12.7. The summed E-state index contributed by atoms with van der Waals surface area (Å²) < 4.78 is 9.32. The van der Waals surface area contributed by atoms with Crippen LogP contribution in [0.2, 0.25) is 0 Å². The Hall–Kier alpha value is -15.1. The molecule has 0 bridgehead atoms. The van der Waals surface area contributed by atoms with Crippen molar-refractivity contribution < 1.29 is 9.15 Å². The number of fused-ring (bicyclic) bond motifs is 12. The average molecular weight is 1620 g/mol. The van der Waals surface area contributed by atoms with Gasteiger partial charge in [-0.2, -0.15) is 9.13 Å². The molecule has 24 rings (SSSR count). The molecule has 0 N–H and O–H groups in total. The summed E-state index contributed by atoms with van der Waals surface area (Å²) >= 11 is 0. The normalized spacial score (nSPS) is 14.5. The Morgan fingerprint density at radius 1 is 0.240 bits per heavy atom. The van der Waals surface area contributed by atoms with Crippen molar-refractivity contribution in [1.82, 2.24) is 9.13 Å². The molecule has 1 fully saturated rings. The standard InChI is InChI=1S/C46H46N2.C34H32N2.C33H16N8/c1-34-8-20-40(21-9-34)47(41-22-10-35(2)11-23-41)44-28-16-38(17-29-44)46(32-6-5-7-33-46)39-18-30-45(31-19-39)48(42-24-12-36(3)13-25-42)43-26-14-37(4)15-27-43;1-25-10-5-14-29(20-25)35(30-15-6-11-26(2)21-30)33-18-9-19-34(24-33)36(31-16-7-12-27(3)22-31)32-17-8-13-28(4)23-32;1-2-10-18-17(9-1)25-34-27-19-11-3-4-12-20(19)29-36-31-23-15-7-8-16-24(23)32-37-30-22-14-6-5-13-21(22)28-35-26(18)38(25)33(39(27)29,40(28)30)41(31)32/h8-31H,5-7,32-33H2,1-4H3;5-24H,1-4H3;1-16H/q;;+2. The highest BCUT2D eigenvalue weighted by Crippen LogP contribution is 2.54. The lowest BCUT2D eigenvalue weighted by Gasteiger charge is -2.40. The molecule has 6 aliphatic heterocycles. The maximum Gasteiger partial charge on any atom is 0.404 e. The third-order valence-electron chi connectivity index (χ3n) is 26.0. The van der Waals surface area contributed by atoms with Crippen molar-refractivity contribution in [1.29, 1.82) is 0 Å². The number of hydrogen-bond acceptors (Lipinski definition) is 8. The second-order valence-corrected chi connectivity index (χ2v) is 34.5. The van der Waals surface area contributed by atoms with Crippen LogP contribution >= 0.6 is 0 Å². The lowest BCUT2D eigenvalue weighted by molar-refractivity contribution is -0.790. The number of anilines is 12. The Balaban J connectivity index is 0.000000112. The first kappa shape index (κ1) is 76.0. The molecule has 0 atom stereocenters. The van der Waals surface area contributed by atoms with Crippen molar-refractivity contribution in [2.24, 2.45) is 20.0 Å². The molecule has 15 aromatic carbocycles. The molecule has 0 radical (unpaired) electrons. The van der Waals surface area contributed by atoms with Crippen LogP contribution in [0.4, 0.5) is 79.9 Å². The molecule has 2 aromatic heterocycles. The molecular weight excluding hydrogens is 1530 g/mol. The van der Waals surface area contributed by atoms with Gasteiger partial charge in [0.15, 0.2) is 0 Å². The van der Waals surface area contributed by atoms with E-state index < -0.39 is 5.91 Å². The summed E-state index contributed by atoms with van der Waals surface area (Å²) in [5, 5.41) is 4.33. The molecule has 12 nitrogen and oxygen atoms in total. The highest BCUT2D eigenvalue weighted by atomic mass is 15.7. The first-order chi connectivity index (χ1) is 61.2. The molecule has 0 amide bonds. The van der Waals surface area contributed by atoms with Crippen LogP contribution in [-0.2, 0) is 11.3 Å². The number of benzene rings is 15. The van der Waals surface area contributed by atoms with Gasteiger partial charge in [0.25, 0.3) is 23.3 Å². The topological polar surface area (TPSA) is 78.3 Å². The highest BCUT2D eigenvalue weighted by Gasteiger charge is 2.69. The van der Waals surface area contributed by atoms with Gasteiger partial charge in [-0.1, -0.05) is 237 Å². The summed E-state index contributed by atoms with van der Waals surface area (Å²) in [4.78, 5) is 31.1. The van der Waals surface area contributed by atoms with E-state index in [1.54, 1.807) is 0 Å². The van der Waals surface area contributed by atoms with Crippen LogP contribution in [0.1, 0.15) is 110 Å². The number of aryl methyl sites for hydroxylation is 8. The first-order valence-corrected chi connectivity index (χ1v) is 43.7. The van der Waals surface area contributed by atoms with E-state index in [0.717, 1.165) is 124 Å². The van der Waals surface area contributed by atoms with Crippen LogP contribution in [-0.4, -0.2) is 41.6 Å². The lowest BCUT2D eigenvalue weighted by Crippen LogP contribution is -2.71. The number of nitrogens with zero attached hydrogens (tertiary/aromatic N) is 12. The van der Waals surface area contributed by atoms with Crippen molar-refractivity contribution in [3.8, 4) is 0 Å². The van der Waals surface area contributed by atoms with E-state index in [2.05, 4.69) is 457 Å². The summed E-state index contributed by atoms with van der Waals surface area (Å²) in [5.41, 5.74) is 32.9. The van der Waals surface area contributed by atoms with Crippen molar-refractivity contribution in [3.63, 3.8) is 0 Å². The van der Waals surface area contributed by atoms with E-state index in [1.165, 1.54) is 122 Å². The maximum absolute atomic E-state index is 5.42. The van der Waals surface area contributed by atoms with Gasteiger partial charge in [-0.25, -0.2) is 0 Å². The van der Waals surface area contributed by atoms with Gasteiger partial charge in [0, 0.05) is 95.2 Å². The minimum absolute atomic E-state index is 0.00636. The summed E-state index contributed by atoms with van der Waals surface area (Å²) in [6.07, 6.45) is 6.15. The number of aromatic nitrogens is 2. The summed E-state index contributed by atoms with van der Waals surface area (Å²) in [7, 11) is 0. The SMILES string of the molecule is Cc1ccc(N(c2ccc(C)cc2)c2ccc(C3(c4ccc(N(c5ccc(C)cc5)c5ccc(C)cc5)cc4)CCCCC3)cc2)cc1.Cc1cccc(N(c2cccc(C)c2)c2cccc(N(c3cccc(C)c3)c3cccc(C)c3)c2)c1.c1ccc2c(c1)C1=Nc3c4ccccc4c4n3C35n6c(c7ccccc7c6=NC6=[N+]3C(=N4)c3ccccc36)=NC2=[N+]15. The van der Waals surface area contributed by atoms with Gasteiger partial charge in [0.1, 0.15) is 0 Å². The molecule has 1 aliphatic carbocycles. The Bertz CT molecular complexity index is 6860. The second kappa shape index (κ2) is 30.5. The minimum Gasteiger partial charge on any atom is -0.311 e. The van der Waals surface area contributed by atoms with E-state index in [-0.39, 0.29) is 5.41 Å². The average Bonchev–Trinajstić information content (AvgIpc) is 1.47. The van der Waals surface area contributed by atoms with Gasteiger partial charge in [-0.3, -0.25) is 0 Å². The molecule has 604 valence electrons. The fourth-order valence-electron chi connectivity index (χ4n) is 20.0. The maximum atomic E-state index is 5.42. The molecule has 1 saturated carbocycles. The van der Waals surface area contributed by atoms with E-state index in [1.807, 2.05) is 0 Å². The van der Waals surface area contributed by atoms with E-state index in [9.17, 15) is 0 Å². The molecule has 17 aromatic rings. The van der Waals surface area contributed by atoms with Crippen molar-refractivity contribution in [2.75, 3.05) is 19.6 Å². The Morgan fingerprint density at radius 2 is 0.520 bits per heavy atom. The zero-order valence-electron chi connectivity index (χ0n) is 71.5. The molecule has 7 aliphatic rings. The van der Waals surface area contributed by atoms with Crippen molar-refractivity contribution >= 4 is 125 Å². The Kier molecular flexibility index (Phi) is 18.5. The van der Waals surface area contributed by atoms with Gasteiger partial charge < -0.3 is 19.6 Å². The molecular formula is C113H94N12+2. The predicted molar refractivity (Wildman–Crippen MR) is 513 cm³/mol. The summed E-state index contributed by atoms with van der Waals surface area (Å²) in [6, 6.07) is 132. The number of hydrogen-bond donors (Lipinski definition) is 0. The largest absolute Gasteiger partial charge is 0.404 e. The molecule has 12 heteroatoms.